The molecular formula is C15H25N3O. The first kappa shape index (κ1) is 13.1. The van der Waals surface area contributed by atoms with Crippen LogP contribution in [0.5, 0.6) is 0 Å². The highest BCUT2D eigenvalue weighted by Gasteiger charge is 2.50. The SMILES string of the molecule is CCOC1CC(n2cncc2C2CCNC2)C1(C)C. The van der Waals surface area contributed by atoms with Crippen molar-refractivity contribution in [1.29, 1.82) is 0 Å². The summed E-state index contributed by atoms with van der Waals surface area (Å²) in [4.78, 5) is 4.40. The van der Waals surface area contributed by atoms with Crippen molar-refractivity contribution in [3.63, 3.8) is 0 Å². The maximum absolute atomic E-state index is 5.84. The van der Waals surface area contributed by atoms with Crippen molar-refractivity contribution in [3.05, 3.63) is 18.2 Å². The number of rotatable bonds is 4. The molecule has 106 valence electrons. The Balaban J connectivity index is 1.79. The molecule has 1 aliphatic carbocycles. The quantitative estimate of drug-likeness (QED) is 0.906. The van der Waals surface area contributed by atoms with Crippen molar-refractivity contribution in [2.75, 3.05) is 19.7 Å². The summed E-state index contributed by atoms with van der Waals surface area (Å²) in [6, 6.07) is 0.530. The van der Waals surface area contributed by atoms with Crippen LogP contribution in [0.3, 0.4) is 0 Å². The van der Waals surface area contributed by atoms with Gasteiger partial charge < -0.3 is 14.6 Å². The number of ether oxygens (including phenoxy) is 1. The van der Waals surface area contributed by atoms with Gasteiger partial charge in [-0.1, -0.05) is 13.8 Å². The van der Waals surface area contributed by atoms with Gasteiger partial charge in [-0.2, -0.15) is 0 Å². The third-order valence-electron chi connectivity index (χ3n) is 5.00. The van der Waals surface area contributed by atoms with Crippen LogP contribution in [0.4, 0.5) is 0 Å². The fraction of sp³-hybridized carbons (Fsp3) is 0.800. The maximum Gasteiger partial charge on any atom is 0.0951 e. The summed E-state index contributed by atoms with van der Waals surface area (Å²) in [5.41, 5.74) is 1.61. The molecular weight excluding hydrogens is 238 g/mol. The molecule has 1 N–H and O–H groups in total. The van der Waals surface area contributed by atoms with Gasteiger partial charge in [0.25, 0.3) is 0 Å². The summed E-state index contributed by atoms with van der Waals surface area (Å²) in [5.74, 6) is 0.629. The average Bonchev–Trinajstić information content (AvgIpc) is 3.03. The second-order valence-corrected chi connectivity index (χ2v) is 6.43. The predicted octanol–water partition coefficient (Wildman–Crippen LogP) is 2.34. The second kappa shape index (κ2) is 4.91. The zero-order valence-electron chi connectivity index (χ0n) is 12.2. The monoisotopic (exact) mass is 263 g/mol. The van der Waals surface area contributed by atoms with Crippen LogP contribution >= 0.6 is 0 Å². The Morgan fingerprint density at radius 1 is 1.53 bits per heavy atom. The summed E-state index contributed by atoms with van der Waals surface area (Å²) in [5, 5.41) is 3.45. The van der Waals surface area contributed by atoms with Gasteiger partial charge in [0.05, 0.1) is 12.4 Å². The summed E-state index contributed by atoms with van der Waals surface area (Å²) >= 11 is 0. The number of nitrogens with zero attached hydrogens (tertiary/aromatic N) is 2. The van der Waals surface area contributed by atoms with Crippen molar-refractivity contribution in [2.24, 2.45) is 5.41 Å². The fourth-order valence-electron chi connectivity index (χ4n) is 3.62. The lowest BCUT2D eigenvalue weighted by atomic mass is 9.64. The number of hydrogen-bond acceptors (Lipinski definition) is 3. The van der Waals surface area contributed by atoms with Gasteiger partial charge in [-0.05, 0) is 26.3 Å². The van der Waals surface area contributed by atoms with Crippen LogP contribution in [0.2, 0.25) is 0 Å². The molecule has 0 radical (unpaired) electrons. The Bertz CT molecular complexity index is 434. The number of imidazole rings is 1. The van der Waals surface area contributed by atoms with Crippen molar-refractivity contribution < 1.29 is 4.74 Å². The fourth-order valence-corrected chi connectivity index (χ4v) is 3.62. The number of aromatic nitrogens is 2. The van der Waals surface area contributed by atoms with E-state index in [0.29, 0.717) is 18.1 Å². The molecule has 1 aromatic rings. The first-order valence-corrected chi connectivity index (χ1v) is 7.48. The molecule has 1 aromatic heterocycles. The molecule has 0 spiro atoms. The molecule has 2 heterocycles. The van der Waals surface area contributed by atoms with Gasteiger partial charge >= 0.3 is 0 Å². The highest BCUT2D eigenvalue weighted by molar-refractivity contribution is 5.14. The van der Waals surface area contributed by atoms with E-state index in [4.69, 9.17) is 4.74 Å². The molecule has 0 aromatic carbocycles. The van der Waals surface area contributed by atoms with E-state index in [1.54, 1.807) is 0 Å². The first-order chi connectivity index (χ1) is 9.14. The van der Waals surface area contributed by atoms with Gasteiger partial charge in [0, 0.05) is 42.4 Å². The second-order valence-electron chi connectivity index (χ2n) is 6.43. The van der Waals surface area contributed by atoms with Crippen LogP contribution in [0.25, 0.3) is 0 Å². The van der Waals surface area contributed by atoms with Crippen LogP contribution in [-0.4, -0.2) is 35.4 Å². The molecule has 19 heavy (non-hydrogen) atoms. The van der Waals surface area contributed by atoms with E-state index in [9.17, 15) is 0 Å². The van der Waals surface area contributed by atoms with Crippen LogP contribution < -0.4 is 5.32 Å². The molecule has 2 fully saturated rings. The molecule has 1 saturated heterocycles. The Kier molecular flexibility index (Phi) is 3.39. The van der Waals surface area contributed by atoms with E-state index < -0.39 is 0 Å². The lowest BCUT2D eigenvalue weighted by Gasteiger charge is -2.52. The van der Waals surface area contributed by atoms with E-state index in [1.807, 2.05) is 6.33 Å². The van der Waals surface area contributed by atoms with Gasteiger partial charge in [-0.3, -0.25) is 0 Å². The van der Waals surface area contributed by atoms with Crippen molar-refractivity contribution >= 4 is 0 Å². The highest BCUT2D eigenvalue weighted by atomic mass is 16.5. The summed E-state index contributed by atoms with van der Waals surface area (Å²) in [6.07, 6.45) is 6.81. The molecule has 1 saturated carbocycles. The lowest BCUT2D eigenvalue weighted by molar-refractivity contribution is -0.128. The summed E-state index contributed by atoms with van der Waals surface area (Å²) in [7, 11) is 0. The minimum absolute atomic E-state index is 0.206. The number of nitrogens with one attached hydrogen (secondary N) is 1. The third-order valence-corrected chi connectivity index (χ3v) is 5.00. The molecule has 3 unspecified atom stereocenters. The molecule has 4 heteroatoms. The van der Waals surface area contributed by atoms with Crippen molar-refractivity contribution in [2.45, 2.75) is 51.7 Å². The largest absolute Gasteiger partial charge is 0.378 e. The van der Waals surface area contributed by atoms with Crippen LogP contribution in [0.1, 0.15) is 51.3 Å². The average molecular weight is 263 g/mol. The molecule has 2 aliphatic rings. The standard InChI is InChI=1S/C15H25N3O/c1-4-19-14-7-13(15(14,2)3)18-10-17-9-12(18)11-5-6-16-8-11/h9-11,13-14,16H,4-8H2,1-3H3. The maximum atomic E-state index is 5.84. The van der Waals surface area contributed by atoms with Gasteiger partial charge in [0.2, 0.25) is 0 Å². The first-order valence-electron chi connectivity index (χ1n) is 7.48. The van der Waals surface area contributed by atoms with Crippen molar-refractivity contribution in [1.82, 2.24) is 14.9 Å². The number of hydrogen-bond donors (Lipinski definition) is 1. The zero-order chi connectivity index (χ0) is 13.5. The predicted molar refractivity (Wildman–Crippen MR) is 75.3 cm³/mol. The van der Waals surface area contributed by atoms with Crippen LogP contribution in [0, 0.1) is 5.41 Å². The molecule has 0 amide bonds. The Morgan fingerprint density at radius 3 is 3.00 bits per heavy atom. The minimum atomic E-state index is 0.206. The van der Waals surface area contributed by atoms with Crippen LogP contribution in [0.15, 0.2) is 12.5 Å². The third kappa shape index (κ3) is 2.11. The Morgan fingerprint density at radius 2 is 2.37 bits per heavy atom. The normalized spacial score (nSPS) is 33.3. The van der Waals surface area contributed by atoms with Crippen molar-refractivity contribution in [3.8, 4) is 0 Å². The molecule has 3 rings (SSSR count). The van der Waals surface area contributed by atoms with Gasteiger partial charge in [0.1, 0.15) is 0 Å². The summed E-state index contributed by atoms with van der Waals surface area (Å²) in [6.45, 7) is 9.75. The van der Waals surface area contributed by atoms with Crippen LogP contribution in [-0.2, 0) is 4.74 Å². The highest BCUT2D eigenvalue weighted by Crippen LogP contribution is 2.52. The molecule has 4 nitrogen and oxygen atoms in total. The summed E-state index contributed by atoms with van der Waals surface area (Å²) < 4.78 is 8.25. The van der Waals surface area contributed by atoms with E-state index >= 15 is 0 Å². The molecule has 0 bridgehead atoms. The van der Waals surface area contributed by atoms with Gasteiger partial charge in [0.15, 0.2) is 0 Å². The lowest BCUT2D eigenvalue weighted by Crippen LogP contribution is -2.51. The minimum Gasteiger partial charge on any atom is -0.378 e. The van der Waals surface area contributed by atoms with E-state index in [0.717, 1.165) is 26.1 Å². The Labute approximate surface area is 115 Å². The topological polar surface area (TPSA) is 39.1 Å². The smallest absolute Gasteiger partial charge is 0.0951 e. The zero-order valence-corrected chi connectivity index (χ0v) is 12.2. The Hall–Kier alpha value is -0.870. The van der Waals surface area contributed by atoms with E-state index in [1.165, 1.54) is 12.1 Å². The molecule has 3 atom stereocenters. The van der Waals surface area contributed by atoms with E-state index in [-0.39, 0.29) is 5.41 Å². The van der Waals surface area contributed by atoms with Gasteiger partial charge in [-0.15, -0.1) is 0 Å². The van der Waals surface area contributed by atoms with E-state index in [2.05, 4.69) is 41.8 Å². The molecule has 1 aliphatic heterocycles. The van der Waals surface area contributed by atoms with Gasteiger partial charge in [-0.25, -0.2) is 4.98 Å².